The third kappa shape index (κ3) is 3.66. The molecule has 0 bridgehead atoms. The summed E-state index contributed by atoms with van der Waals surface area (Å²) < 4.78 is 4.06. The maximum atomic E-state index is 10.6. The molecule has 0 fully saturated rings. The van der Waals surface area contributed by atoms with Gasteiger partial charge in [0, 0.05) is 27.1 Å². The molecular formula is C40H20N6. The standard InChI is InChI=1S/C40H20N6/c41-21-25-17-18-28(40(34(25)24-44)46-37-15-7-3-11-31(37)32-12-4-8-16-38(32)46)26-19-27(22-42)33(23-43)39(20-26)45-35-13-5-1-9-29(35)30-10-2-6-14-36(30)45/h1-20H. The monoisotopic (exact) mass is 584 g/mol. The zero-order valence-corrected chi connectivity index (χ0v) is 24.2. The molecule has 2 aromatic heterocycles. The highest BCUT2D eigenvalue weighted by Crippen LogP contribution is 2.41. The Morgan fingerprint density at radius 3 is 1.33 bits per heavy atom. The van der Waals surface area contributed by atoms with Crippen LogP contribution in [-0.4, -0.2) is 9.13 Å². The van der Waals surface area contributed by atoms with Gasteiger partial charge in [-0.05, 0) is 48.0 Å². The molecule has 0 N–H and O–H groups in total. The van der Waals surface area contributed by atoms with Gasteiger partial charge in [-0.3, -0.25) is 0 Å². The Labute approximate surface area is 263 Å². The minimum absolute atomic E-state index is 0.216. The van der Waals surface area contributed by atoms with E-state index in [1.807, 2.05) is 106 Å². The van der Waals surface area contributed by atoms with Gasteiger partial charge in [0.2, 0.25) is 0 Å². The first-order valence-electron chi connectivity index (χ1n) is 14.6. The van der Waals surface area contributed by atoms with Crippen LogP contribution in [0.25, 0.3) is 66.1 Å². The van der Waals surface area contributed by atoms with E-state index in [9.17, 15) is 21.0 Å². The summed E-state index contributed by atoms with van der Waals surface area (Å²) in [6.45, 7) is 0. The Morgan fingerprint density at radius 1 is 0.413 bits per heavy atom. The Bertz CT molecular complexity index is 2640. The van der Waals surface area contributed by atoms with Crippen molar-refractivity contribution >= 4 is 43.6 Å². The third-order valence-electron chi connectivity index (χ3n) is 8.70. The van der Waals surface area contributed by atoms with E-state index in [0.717, 1.165) is 43.6 Å². The second kappa shape index (κ2) is 10.3. The number of hydrogen-bond donors (Lipinski definition) is 0. The van der Waals surface area contributed by atoms with Gasteiger partial charge in [-0.2, -0.15) is 21.0 Å². The number of nitrogens with zero attached hydrogens (tertiary/aromatic N) is 6. The van der Waals surface area contributed by atoms with Gasteiger partial charge in [-0.25, -0.2) is 0 Å². The zero-order valence-electron chi connectivity index (χ0n) is 24.2. The van der Waals surface area contributed by atoms with E-state index in [1.165, 1.54) is 0 Å². The lowest BCUT2D eigenvalue weighted by Crippen LogP contribution is -2.05. The predicted octanol–water partition coefficient (Wildman–Crippen LogP) is 9.03. The van der Waals surface area contributed by atoms with E-state index in [0.29, 0.717) is 22.5 Å². The van der Waals surface area contributed by atoms with Crippen LogP contribution >= 0.6 is 0 Å². The lowest BCUT2D eigenvalue weighted by Gasteiger charge is -2.19. The first-order chi connectivity index (χ1) is 22.7. The molecule has 0 unspecified atom stereocenters. The van der Waals surface area contributed by atoms with Crippen molar-refractivity contribution in [1.82, 2.24) is 9.13 Å². The molecule has 8 rings (SSSR count). The van der Waals surface area contributed by atoms with Crippen LogP contribution in [0.1, 0.15) is 22.3 Å². The predicted molar refractivity (Wildman–Crippen MR) is 179 cm³/mol. The van der Waals surface area contributed by atoms with E-state index < -0.39 is 0 Å². The molecule has 0 amide bonds. The summed E-state index contributed by atoms with van der Waals surface area (Å²) in [6, 6.07) is 48.1. The van der Waals surface area contributed by atoms with Crippen molar-refractivity contribution in [3.05, 3.63) is 144 Å². The normalized spacial score (nSPS) is 11.0. The smallest absolute Gasteiger partial charge is 0.103 e. The Balaban J connectivity index is 1.54. The molecule has 0 saturated carbocycles. The van der Waals surface area contributed by atoms with Gasteiger partial charge in [0.15, 0.2) is 0 Å². The summed E-state index contributed by atoms with van der Waals surface area (Å²) in [6.07, 6.45) is 0. The highest BCUT2D eigenvalue weighted by atomic mass is 15.0. The molecule has 0 aliphatic heterocycles. The fourth-order valence-corrected chi connectivity index (χ4v) is 6.77. The zero-order chi connectivity index (χ0) is 31.4. The number of benzene rings is 6. The molecule has 46 heavy (non-hydrogen) atoms. The van der Waals surface area contributed by atoms with Gasteiger partial charge < -0.3 is 9.13 Å². The second-order valence-electron chi connectivity index (χ2n) is 11.0. The molecule has 0 saturated heterocycles. The van der Waals surface area contributed by atoms with Crippen LogP contribution in [0.2, 0.25) is 0 Å². The highest BCUT2D eigenvalue weighted by molar-refractivity contribution is 6.11. The van der Waals surface area contributed by atoms with E-state index in [1.54, 1.807) is 12.1 Å². The van der Waals surface area contributed by atoms with Crippen LogP contribution in [-0.2, 0) is 0 Å². The molecular weight excluding hydrogens is 564 g/mol. The summed E-state index contributed by atoms with van der Waals surface area (Å²) in [5.41, 5.74) is 6.93. The molecule has 2 heterocycles. The molecule has 210 valence electrons. The van der Waals surface area contributed by atoms with Crippen molar-refractivity contribution in [3.63, 3.8) is 0 Å². The first-order valence-corrected chi connectivity index (χ1v) is 14.6. The van der Waals surface area contributed by atoms with Crippen LogP contribution in [0.4, 0.5) is 0 Å². The molecule has 0 aliphatic carbocycles. The fraction of sp³-hybridized carbons (Fsp3) is 0. The highest BCUT2D eigenvalue weighted by Gasteiger charge is 2.24. The topological polar surface area (TPSA) is 105 Å². The van der Waals surface area contributed by atoms with Gasteiger partial charge in [-0.15, -0.1) is 0 Å². The quantitative estimate of drug-likeness (QED) is 0.207. The van der Waals surface area contributed by atoms with Gasteiger partial charge in [0.1, 0.15) is 24.3 Å². The van der Waals surface area contributed by atoms with Crippen LogP contribution in [0.15, 0.2) is 121 Å². The summed E-state index contributed by atoms with van der Waals surface area (Å²) >= 11 is 0. The fourth-order valence-electron chi connectivity index (χ4n) is 6.77. The van der Waals surface area contributed by atoms with Crippen molar-refractivity contribution in [1.29, 1.82) is 21.0 Å². The lowest BCUT2D eigenvalue weighted by molar-refractivity contribution is 1.15. The van der Waals surface area contributed by atoms with Crippen LogP contribution in [0, 0.1) is 45.3 Å². The maximum absolute atomic E-state index is 10.6. The number of nitriles is 4. The van der Waals surface area contributed by atoms with Gasteiger partial charge in [0.25, 0.3) is 0 Å². The lowest BCUT2D eigenvalue weighted by atomic mass is 9.93. The largest absolute Gasteiger partial charge is 0.308 e. The van der Waals surface area contributed by atoms with E-state index in [-0.39, 0.29) is 22.3 Å². The summed E-state index contributed by atoms with van der Waals surface area (Å²) in [7, 11) is 0. The summed E-state index contributed by atoms with van der Waals surface area (Å²) in [4.78, 5) is 0. The summed E-state index contributed by atoms with van der Waals surface area (Å²) in [5.74, 6) is 0. The van der Waals surface area contributed by atoms with Crippen molar-refractivity contribution in [2.24, 2.45) is 0 Å². The molecule has 0 spiro atoms. The average Bonchev–Trinajstić information content (AvgIpc) is 3.63. The number of para-hydroxylation sites is 4. The first kappa shape index (κ1) is 26.5. The maximum Gasteiger partial charge on any atom is 0.103 e. The van der Waals surface area contributed by atoms with Gasteiger partial charge in [-0.1, -0.05) is 78.9 Å². The van der Waals surface area contributed by atoms with Crippen LogP contribution in [0.5, 0.6) is 0 Å². The van der Waals surface area contributed by atoms with E-state index in [4.69, 9.17) is 0 Å². The minimum atomic E-state index is 0.216. The third-order valence-corrected chi connectivity index (χ3v) is 8.70. The number of rotatable bonds is 3. The minimum Gasteiger partial charge on any atom is -0.308 e. The van der Waals surface area contributed by atoms with Gasteiger partial charge >= 0.3 is 0 Å². The number of fused-ring (bicyclic) bond motifs is 6. The van der Waals surface area contributed by atoms with E-state index in [2.05, 4.69) is 36.4 Å². The molecule has 6 nitrogen and oxygen atoms in total. The van der Waals surface area contributed by atoms with E-state index >= 15 is 0 Å². The average molecular weight is 585 g/mol. The summed E-state index contributed by atoms with van der Waals surface area (Å²) in [5, 5.41) is 45.5. The van der Waals surface area contributed by atoms with Crippen LogP contribution < -0.4 is 0 Å². The molecule has 0 atom stereocenters. The number of hydrogen-bond acceptors (Lipinski definition) is 4. The van der Waals surface area contributed by atoms with Gasteiger partial charge in [0.05, 0.1) is 55.7 Å². The molecule has 6 aromatic carbocycles. The van der Waals surface area contributed by atoms with Crippen molar-refractivity contribution < 1.29 is 0 Å². The molecule has 8 aromatic rings. The molecule has 6 heteroatoms. The van der Waals surface area contributed by atoms with Crippen LogP contribution in [0.3, 0.4) is 0 Å². The number of aromatic nitrogens is 2. The Hall–Kier alpha value is -7.12. The Morgan fingerprint density at radius 2 is 0.870 bits per heavy atom. The van der Waals surface area contributed by atoms with Crippen molar-refractivity contribution in [2.75, 3.05) is 0 Å². The molecule has 0 aliphatic rings. The second-order valence-corrected chi connectivity index (χ2v) is 11.0. The molecule has 0 radical (unpaired) electrons. The SMILES string of the molecule is N#Cc1cc(-c2ccc(C#N)c(C#N)c2-n2c3ccccc3c3ccccc32)cc(-n2c3ccccc3c3ccccc32)c1C#N. The Kier molecular flexibility index (Phi) is 5.91. The van der Waals surface area contributed by atoms with Crippen molar-refractivity contribution in [2.45, 2.75) is 0 Å². The van der Waals surface area contributed by atoms with Crippen molar-refractivity contribution in [3.8, 4) is 46.8 Å².